The Morgan fingerprint density at radius 1 is 1.07 bits per heavy atom. The van der Waals surface area contributed by atoms with Gasteiger partial charge in [0.1, 0.15) is 5.82 Å². The standard InChI is InChI=1S/C22H22FN3O/c1-26(19-7-10-24-11-8-19)22(27)20-5-4-16(13-21(20)23)15-2-3-18-14-25-9-6-17(18)12-15/h2-6,9,12-14,19,24H,7-8,10-11H2,1H3. The van der Waals surface area contributed by atoms with Crippen LogP contribution in [-0.2, 0) is 0 Å². The second-order valence-corrected chi connectivity index (χ2v) is 7.03. The first-order valence-electron chi connectivity index (χ1n) is 9.25. The fourth-order valence-electron chi connectivity index (χ4n) is 3.68. The number of amides is 1. The number of hydrogen-bond acceptors (Lipinski definition) is 3. The summed E-state index contributed by atoms with van der Waals surface area (Å²) in [7, 11) is 1.77. The second kappa shape index (κ2) is 7.45. The molecule has 0 radical (unpaired) electrons. The van der Waals surface area contributed by atoms with E-state index in [1.165, 1.54) is 6.07 Å². The maximum atomic E-state index is 14.8. The number of nitrogens with one attached hydrogen (secondary N) is 1. The van der Waals surface area contributed by atoms with E-state index in [1.54, 1.807) is 30.4 Å². The molecule has 0 bridgehead atoms. The largest absolute Gasteiger partial charge is 0.339 e. The first-order chi connectivity index (χ1) is 13.1. The molecule has 0 atom stereocenters. The van der Waals surface area contributed by atoms with Gasteiger partial charge in [-0.3, -0.25) is 9.78 Å². The van der Waals surface area contributed by atoms with Crippen LogP contribution in [0.15, 0.2) is 54.9 Å². The lowest BCUT2D eigenvalue weighted by atomic mass is 9.99. The lowest BCUT2D eigenvalue weighted by Crippen LogP contribution is -2.44. The Morgan fingerprint density at radius 3 is 2.59 bits per heavy atom. The minimum atomic E-state index is -0.479. The summed E-state index contributed by atoms with van der Waals surface area (Å²) in [6, 6.07) is 12.9. The minimum Gasteiger partial charge on any atom is -0.339 e. The zero-order valence-corrected chi connectivity index (χ0v) is 15.3. The highest BCUT2D eigenvalue weighted by Gasteiger charge is 2.24. The van der Waals surface area contributed by atoms with Crippen LogP contribution in [0.1, 0.15) is 23.2 Å². The van der Waals surface area contributed by atoms with Crippen LogP contribution in [0, 0.1) is 5.82 Å². The third-order valence-corrected chi connectivity index (χ3v) is 5.35. The molecular formula is C22H22FN3O. The van der Waals surface area contributed by atoms with Gasteiger partial charge in [0.2, 0.25) is 0 Å². The van der Waals surface area contributed by atoms with Crippen LogP contribution in [0.5, 0.6) is 0 Å². The average Bonchev–Trinajstić information content (AvgIpc) is 2.73. The quantitative estimate of drug-likeness (QED) is 0.768. The molecule has 1 aliphatic heterocycles. The van der Waals surface area contributed by atoms with Crippen molar-refractivity contribution in [3.8, 4) is 11.1 Å². The van der Waals surface area contributed by atoms with Crippen LogP contribution in [0.25, 0.3) is 21.9 Å². The lowest BCUT2D eigenvalue weighted by Gasteiger charge is -2.31. The summed E-state index contributed by atoms with van der Waals surface area (Å²) < 4.78 is 14.8. The number of nitrogens with zero attached hydrogens (tertiary/aromatic N) is 2. The van der Waals surface area contributed by atoms with Crippen molar-refractivity contribution in [1.82, 2.24) is 15.2 Å². The molecule has 4 rings (SSSR count). The number of fused-ring (bicyclic) bond motifs is 1. The second-order valence-electron chi connectivity index (χ2n) is 7.03. The van der Waals surface area contributed by atoms with Crippen LogP contribution in [-0.4, -0.2) is 42.0 Å². The molecule has 0 aliphatic carbocycles. The molecule has 1 amide bonds. The van der Waals surface area contributed by atoms with E-state index in [0.717, 1.165) is 47.8 Å². The zero-order valence-electron chi connectivity index (χ0n) is 15.3. The monoisotopic (exact) mass is 363 g/mol. The van der Waals surface area contributed by atoms with Gasteiger partial charge in [-0.1, -0.05) is 18.2 Å². The highest BCUT2D eigenvalue weighted by molar-refractivity contribution is 5.95. The lowest BCUT2D eigenvalue weighted by molar-refractivity contribution is 0.0698. The van der Waals surface area contributed by atoms with Gasteiger partial charge in [-0.05, 0) is 66.7 Å². The number of hydrogen-bond donors (Lipinski definition) is 1. The van der Waals surface area contributed by atoms with Crippen molar-refractivity contribution in [2.75, 3.05) is 20.1 Å². The number of piperidine rings is 1. The van der Waals surface area contributed by atoms with E-state index < -0.39 is 5.82 Å². The molecule has 0 saturated carbocycles. The Morgan fingerprint density at radius 2 is 1.81 bits per heavy atom. The number of carbonyl (C=O) groups is 1. The maximum absolute atomic E-state index is 14.8. The molecule has 0 unspecified atom stereocenters. The molecule has 27 heavy (non-hydrogen) atoms. The number of aromatic nitrogens is 1. The Hall–Kier alpha value is -2.79. The van der Waals surface area contributed by atoms with Crippen molar-refractivity contribution in [2.45, 2.75) is 18.9 Å². The van der Waals surface area contributed by atoms with Crippen molar-refractivity contribution in [1.29, 1.82) is 0 Å². The van der Waals surface area contributed by atoms with Gasteiger partial charge >= 0.3 is 0 Å². The molecule has 5 heteroatoms. The van der Waals surface area contributed by atoms with Gasteiger partial charge in [-0.15, -0.1) is 0 Å². The molecule has 1 fully saturated rings. The molecule has 2 heterocycles. The van der Waals surface area contributed by atoms with E-state index in [1.807, 2.05) is 30.3 Å². The molecule has 1 aromatic heterocycles. The molecule has 138 valence electrons. The third kappa shape index (κ3) is 3.55. The number of halogens is 1. The highest BCUT2D eigenvalue weighted by atomic mass is 19.1. The van der Waals surface area contributed by atoms with Crippen molar-refractivity contribution in [2.24, 2.45) is 0 Å². The van der Waals surface area contributed by atoms with Crippen LogP contribution in [0.3, 0.4) is 0 Å². The minimum absolute atomic E-state index is 0.129. The Bertz CT molecular complexity index is 982. The summed E-state index contributed by atoms with van der Waals surface area (Å²) in [5.74, 6) is -0.733. The van der Waals surface area contributed by atoms with Crippen molar-refractivity contribution >= 4 is 16.7 Å². The van der Waals surface area contributed by atoms with Crippen molar-refractivity contribution in [3.05, 3.63) is 66.2 Å². The van der Waals surface area contributed by atoms with Gasteiger partial charge in [0.05, 0.1) is 5.56 Å². The first-order valence-corrected chi connectivity index (χ1v) is 9.25. The summed E-state index contributed by atoms with van der Waals surface area (Å²) in [5, 5.41) is 5.37. The van der Waals surface area contributed by atoms with Crippen molar-refractivity contribution in [3.63, 3.8) is 0 Å². The smallest absolute Gasteiger partial charge is 0.256 e. The molecule has 1 N–H and O–H groups in total. The number of pyridine rings is 1. The molecule has 3 aromatic rings. The van der Waals surface area contributed by atoms with Crippen molar-refractivity contribution < 1.29 is 9.18 Å². The van der Waals surface area contributed by atoms with E-state index in [9.17, 15) is 9.18 Å². The predicted octanol–water partition coefficient (Wildman–Crippen LogP) is 3.86. The van der Waals surface area contributed by atoms with Crippen LogP contribution in [0.4, 0.5) is 4.39 Å². The summed E-state index contributed by atoms with van der Waals surface area (Å²) in [6.45, 7) is 1.78. The summed E-state index contributed by atoms with van der Waals surface area (Å²) >= 11 is 0. The first kappa shape index (κ1) is 17.6. The SMILES string of the molecule is CN(C(=O)c1ccc(-c2ccc3cnccc3c2)cc1F)C1CCNCC1. The fraction of sp³-hybridized carbons (Fsp3) is 0.273. The molecule has 1 aliphatic rings. The predicted molar refractivity (Wildman–Crippen MR) is 105 cm³/mol. The maximum Gasteiger partial charge on any atom is 0.256 e. The Labute approximate surface area is 158 Å². The van der Waals surface area contributed by atoms with Gasteiger partial charge < -0.3 is 10.2 Å². The van der Waals surface area contributed by atoms with Crippen LogP contribution < -0.4 is 5.32 Å². The van der Waals surface area contributed by atoms with Gasteiger partial charge in [-0.25, -0.2) is 4.39 Å². The normalized spacial score (nSPS) is 15.0. The van der Waals surface area contributed by atoms with Crippen LogP contribution in [0.2, 0.25) is 0 Å². The van der Waals surface area contributed by atoms with E-state index in [2.05, 4.69) is 10.3 Å². The van der Waals surface area contributed by atoms with Gasteiger partial charge in [0.25, 0.3) is 5.91 Å². The highest BCUT2D eigenvalue weighted by Crippen LogP contribution is 2.26. The third-order valence-electron chi connectivity index (χ3n) is 5.35. The van der Waals surface area contributed by atoms with Crippen LogP contribution >= 0.6 is 0 Å². The van der Waals surface area contributed by atoms with E-state index in [-0.39, 0.29) is 17.5 Å². The fourth-order valence-corrected chi connectivity index (χ4v) is 3.68. The van der Waals surface area contributed by atoms with Gasteiger partial charge in [-0.2, -0.15) is 0 Å². The number of benzene rings is 2. The molecule has 2 aromatic carbocycles. The van der Waals surface area contributed by atoms with Gasteiger partial charge in [0.15, 0.2) is 0 Å². The summed E-state index contributed by atoms with van der Waals surface area (Å²) in [5.41, 5.74) is 1.80. The van der Waals surface area contributed by atoms with E-state index in [0.29, 0.717) is 0 Å². The summed E-state index contributed by atoms with van der Waals surface area (Å²) in [4.78, 5) is 18.5. The molecule has 0 spiro atoms. The molecule has 1 saturated heterocycles. The number of carbonyl (C=O) groups excluding carboxylic acids is 1. The Kier molecular flexibility index (Phi) is 4.86. The van der Waals surface area contributed by atoms with E-state index in [4.69, 9.17) is 0 Å². The molecular weight excluding hydrogens is 341 g/mol. The average molecular weight is 363 g/mol. The van der Waals surface area contributed by atoms with E-state index >= 15 is 0 Å². The zero-order chi connectivity index (χ0) is 18.8. The summed E-state index contributed by atoms with van der Waals surface area (Å²) in [6.07, 6.45) is 5.34. The Balaban J connectivity index is 1.60. The topological polar surface area (TPSA) is 45.2 Å². The number of rotatable bonds is 3. The molecule has 4 nitrogen and oxygen atoms in total. The van der Waals surface area contributed by atoms with Gasteiger partial charge in [0, 0.05) is 30.9 Å².